The van der Waals surface area contributed by atoms with Crippen LogP contribution in [-0.2, 0) is 0 Å². The molecule has 2 unspecified atom stereocenters. The van der Waals surface area contributed by atoms with E-state index in [-0.39, 0.29) is 0 Å². The largest absolute Gasteiger partial charge is 0.399 e. The van der Waals surface area contributed by atoms with Crippen LogP contribution in [0.2, 0.25) is 5.15 Å². The Hall–Kier alpha value is -0.960. The summed E-state index contributed by atoms with van der Waals surface area (Å²) in [5.74, 6) is 1.70. The third kappa shape index (κ3) is 2.40. The maximum atomic E-state index is 5.93. The fourth-order valence-corrected chi connectivity index (χ4v) is 2.61. The third-order valence-corrected chi connectivity index (χ3v) is 3.43. The molecule has 0 saturated carbocycles. The summed E-state index contributed by atoms with van der Waals surface area (Å²) in [6.45, 7) is 5.57. The molecule has 0 spiro atoms. The van der Waals surface area contributed by atoms with Gasteiger partial charge in [-0.15, -0.1) is 0 Å². The van der Waals surface area contributed by atoms with E-state index in [1.807, 2.05) is 6.07 Å². The van der Waals surface area contributed by atoms with Gasteiger partial charge in [0.25, 0.3) is 0 Å². The first kappa shape index (κ1) is 11.5. The number of nitrogens with zero attached hydrogens (tertiary/aromatic N) is 2. The monoisotopic (exact) mass is 239 g/mol. The van der Waals surface area contributed by atoms with Gasteiger partial charge in [0.05, 0.1) is 0 Å². The molecule has 0 aliphatic carbocycles. The van der Waals surface area contributed by atoms with Crippen molar-refractivity contribution < 1.29 is 0 Å². The van der Waals surface area contributed by atoms with E-state index in [9.17, 15) is 0 Å². The van der Waals surface area contributed by atoms with Gasteiger partial charge in [-0.05, 0) is 31.7 Å². The Morgan fingerprint density at radius 2 is 2.19 bits per heavy atom. The highest BCUT2D eigenvalue weighted by Gasteiger charge is 2.24. The van der Waals surface area contributed by atoms with E-state index in [0.717, 1.165) is 18.3 Å². The fraction of sp³-hybridized carbons (Fsp3) is 0.583. The van der Waals surface area contributed by atoms with Gasteiger partial charge in [0.15, 0.2) is 0 Å². The Morgan fingerprint density at radius 1 is 1.44 bits per heavy atom. The van der Waals surface area contributed by atoms with Crippen LogP contribution in [0.3, 0.4) is 0 Å². The second-order valence-corrected chi connectivity index (χ2v) is 5.14. The van der Waals surface area contributed by atoms with Crippen LogP contribution in [0.1, 0.15) is 26.7 Å². The Bertz CT molecular complexity index is 360. The molecule has 2 heterocycles. The fourth-order valence-electron chi connectivity index (χ4n) is 2.40. The average molecular weight is 240 g/mol. The lowest BCUT2D eigenvalue weighted by Crippen LogP contribution is -2.40. The number of pyridine rings is 1. The van der Waals surface area contributed by atoms with Crippen molar-refractivity contribution in [2.24, 2.45) is 5.92 Å². The molecule has 4 heteroatoms. The number of halogens is 1. The highest BCUT2D eigenvalue weighted by atomic mass is 35.5. The predicted octanol–water partition coefficient (Wildman–Crippen LogP) is 2.94. The molecular formula is C12H18ClN3. The van der Waals surface area contributed by atoms with E-state index in [0.29, 0.717) is 16.9 Å². The maximum absolute atomic E-state index is 5.93. The van der Waals surface area contributed by atoms with Crippen molar-refractivity contribution in [3.63, 3.8) is 0 Å². The molecule has 0 bridgehead atoms. The summed E-state index contributed by atoms with van der Waals surface area (Å²) in [6.07, 6.45) is 2.41. The number of hydrogen-bond acceptors (Lipinski definition) is 3. The predicted molar refractivity (Wildman–Crippen MR) is 68.9 cm³/mol. The summed E-state index contributed by atoms with van der Waals surface area (Å²) in [6, 6.07) is 4.09. The van der Waals surface area contributed by atoms with E-state index >= 15 is 0 Å². The lowest BCUT2D eigenvalue weighted by molar-refractivity contribution is 0.376. The lowest BCUT2D eigenvalue weighted by atomic mass is 9.93. The minimum absolute atomic E-state index is 0.473. The zero-order valence-corrected chi connectivity index (χ0v) is 10.5. The van der Waals surface area contributed by atoms with Crippen molar-refractivity contribution in [2.45, 2.75) is 32.7 Å². The number of anilines is 2. The van der Waals surface area contributed by atoms with Gasteiger partial charge in [0.1, 0.15) is 11.0 Å². The van der Waals surface area contributed by atoms with Gasteiger partial charge < -0.3 is 10.6 Å². The number of rotatable bonds is 1. The Labute approximate surface area is 102 Å². The summed E-state index contributed by atoms with van der Waals surface area (Å²) in [7, 11) is 0. The number of nitrogen functional groups attached to an aromatic ring is 1. The second kappa shape index (κ2) is 4.50. The van der Waals surface area contributed by atoms with Gasteiger partial charge in [-0.2, -0.15) is 0 Å². The first-order valence-corrected chi connectivity index (χ1v) is 6.14. The van der Waals surface area contributed by atoms with E-state index in [2.05, 4.69) is 23.7 Å². The average Bonchev–Trinajstić information content (AvgIpc) is 2.15. The van der Waals surface area contributed by atoms with Gasteiger partial charge in [-0.3, -0.25) is 0 Å². The smallest absolute Gasteiger partial charge is 0.133 e. The molecule has 1 saturated heterocycles. The molecule has 3 nitrogen and oxygen atoms in total. The summed E-state index contributed by atoms with van der Waals surface area (Å²) in [4.78, 5) is 6.64. The van der Waals surface area contributed by atoms with Gasteiger partial charge in [-0.1, -0.05) is 18.5 Å². The minimum Gasteiger partial charge on any atom is -0.399 e. The van der Waals surface area contributed by atoms with Crippen LogP contribution in [0.5, 0.6) is 0 Å². The highest BCUT2D eigenvalue weighted by Crippen LogP contribution is 2.28. The highest BCUT2D eigenvalue weighted by molar-refractivity contribution is 6.29. The molecule has 0 aromatic carbocycles. The summed E-state index contributed by atoms with van der Waals surface area (Å²) in [5.41, 5.74) is 6.47. The summed E-state index contributed by atoms with van der Waals surface area (Å²) >= 11 is 5.93. The van der Waals surface area contributed by atoms with Crippen LogP contribution in [-0.4, -0.2) is 17.6 Å². The first-order valence-electron chi connectivity index (χ1n) is 5.76. The molecule has 1 aromatic rings. The Kier molecular flexibility index (Phi) is 3.24. The van der Waals surface area contributed by atoms with E-state index in [4.69, 9.17) is 17.3 Å². The van der Waals surface area contributed by atoms with Crippen LogP contribution in [0.15, 0.2) is 12.1 Å². The maximum Gasteiger partial charge on any atom is 0.133 e. The van der Waals surface area contributed by atoms with Crippen LogP contribution in [0.25, 0.3) is 0 Å². The zero-order valence-electron chi connectivity index (χ0n) is 9.78. The van der Waals surface area contributed by atoms with Crippen molar-refractivity contribution in [1.82, 2.24) is 4.98 Å². The van der Waals surface area contributed by atoms with Gasteiger partial charge in [0.2, 0.25) is 0 Å². The lowest BCUT2D eigenvalue weighted by Gasteiger charge is -2.37. The number of aromatic nitrogens is 1. The van der Waals surface area contributed by atoms with Crippen molar-refractivity contribution in [3.05, 3.63) is 17.3 Å². The molecule has 2 N–H and O–H groups in total. The van der Waals surface area contributed by atoms with Crippen molar-refractivity contribution in [3.8, 4) is 0 Å². The van der Waals surface area contributed by atoms with E-state index in [1.54, 1.807) is 6.07 Å². The minimum atomic E-state index is 0.473. The topological polar surface area (TPSA) is 42.1 Å². The van der Waals surface area contributed by atoms with Crippen LogP contribution < -0.4 is 10.6 Å². The van der Waals surface area contributed by atoms with E-state index < -0.39 is 0 Å². The second-order valence-electron chi connectivity index (χ2n) is 4.75. The van der Waals surface area contributed by atoms with Crippen molar-refractivity contribution >= 4 is 23.1 Å². The SMILES string of the molecule is CC1CCN(c2cc(N)cc(Cl)n2)C(C)C1. The van der Waals surface area contributed by atoms with Gasteiger partial charge >= 0.3 is 0 Å². The molecule has 1 fully saturated rings. The molecular weight excluding hydrogens is 222 g/mol. The third-order valence-electron chi connectivity index (χ3n) is 3.24. The van der Waals surface area contributed by atoms with E-state index in [1.165, 1.54) is 12.8 Å². The van der Waals surface area contributed by atoms with Crippen molar-refractivity contribution in [2.75, 3.05) is 17.2 Å². The molecule has 1 aromatic heterocycles. The number of hydrogen-bond donors (Lipinski definition) is 1. The molecule has 2 rings (SSSR count). The molecule has 88 valence electrons. The Morgan fingerprint density at radius 3 is 2.81 bits per heavy atom. The van der Waals surface area contributed by atoms with Gasteiger partial charge in [0, 0.05) is 24.3 Å². The number of piperidine rings is 1. The zero-order chi connectivity index (χ0) is 11.7. The number of nitrogens with two attached hydrogens (primary N) is 1. The van der Waals surface area contributed by atoms with Crippen LogP contribution in [0, 0.1) is 5.92 Å². The summed E-state index contributed by atoms with van der Waals surface area (Å²) in [5, 5.41) is 0.473. The van der Waals surface area contributed by atoms with Crippen LogP contribution in [0.4, 0.5) is 11.5 Å². The molecule has 1 aliphatic rings. The molecule has 0 amide bonds. The molecule has 1 aliphatic heterocycles. The molecule has 2 atom stereocenters. The summed E-state index contributed by atoms with van der Waals surface area (Å²) < 4.78 is 0. The van der Waals surface area contributed by atoms with Crippen LogP contribution >= 0.6 is 11.6 Å². The molecule has 0 radical (unpaired) electrons. The Balaban J connectivity index is 2.23. The first-order chi connectivity index (χ1) is 7.56. The van der Waals surface area contributed by atoms with Gasteiger partial charge in [-0.25, -0.2) is 4.98 Å². The van der Waals surface area contributed by atoms with Crippen molar-refractivity contribution in [1.29, 1.82) is 0 Å². The quantitative estimate of drug-likeness (QED) is 0.767. The standard InChI is InChI=1S/C12H18ClN3/c1-8-3-4-16(9(2)5-8)12-7-10(14)6-11(13)15-12/h6-9H,3-5H2,1-2H3,(H2,14,15). The molecule has 16 heavy (non-hydrogen) atoms. The normalized spacial score (nSPS) is 25.8.